The molecule has 1 fully saturated rings. The van der Waals surface area contributed by atoms with Crippen LogP contribution in [-0.2, 0) is 4.79 Å². The van der Waals surface area contributed by atoms with E-state index in [-0.39, 0.29) is 5.91 Å². The number of benzene rings is 1. The molecule has 5 heteroatoms. The van der Waals surface area contributed by atoms with Crippen LogP contribution in [0.25, 0.3) is 0 Å². The van der Waals surface area contributed by atoms with E-state index >= 15 is 0 Å². The predicted molar refractivity (Wildman–Crippen MR) is 73.6 cm³/mol. The van der Waals surface area contributed by atoms with Crippen LogP contribution in [0.4, 0.5) is 5.69 Å². The minimum atomic E-state index is -0.740. The van der Waals surface area contributed by atoms with Gasteiger partial charge in [0, 0.05) is 23.9 Å². The van der Waals surface area contributed by atoms with Gasteiger partial charge in [0.2, 0.25) is 5.91 Å². The molecule has 2 rings (SSSR count). The van der Waals surface area contributed by atoms with E-state index in [2.05, 4.69) is 5.32 Å². The maximum atomic E-state index is 12.2. The average Bonchev–Trinajstić information content (AvgIpc) is 2.86. The van der Waals surface area contributed by atoms with Crippen molar-refractivity contribution in [1.29, 1.82) is 0 Å². The number of carbonyl (C=O) groups excluding carboxylic acids is 1. The minimum Gasteiger partial charge on any atom is -0.497 e. The van der Waals surface area contributed by atoms with Crippen LogP contribution in [0.15, 0.2) is 18.2 Å². The van der Waals surface area contributed by atoms with Crippen molar-refractivity contribution < 1.29 is 14.3 Å². The molecular weight excluding hydrogens is 244 g/mol. The number of anilines is 1. The third-order valence-corrected chi connectivity index (χ3v) is 3.56. The molecule has 0 unspecified atom stereocenters. The molecule has 0 radical (unpaired) electrons. The summed E-state index contributed by atoms with van der Waals surface area (Å²) in [7, 11) is 3.14. The van der Waals surface area contributed by atoms with E-state index in [0.29, 0.717) is 17.2 Å². The Kier molecular flexibility index (Phi) is 3.95. The molecule has 1 saturated carbocycles. The number of hydrogen-bond donors (Lipinski definition) is 2. The molecule has 1 aromatic carbocycles. The van der Waals surface area contributed by atoms with Gasteiger partial charge < -0.3 is 20.5 Å². The fourth-order valence-electron chi connectivity index (χ4n) is 2.37. The monoisotopic (exact) mass is 264 g/mol. The van der Waals surface area contributed by atoms with Crippen LogP contribution < -0.4 is 20.5 Å². The maximum absolute atomic E-state index is 12.2. The molecule has 0 spiro atoms. The van der Waals surface area contributed by atoms with Gasteiger partial charge in [0.05, 0.1) is 19.8 Å². The smallest absolute Gasteiger partial charge is 0.244 e. The first-order chi connectivity index (χ1) is 9.07. The first-order valence-corrected chi connectivity index (χ1v) is 6.41. The molecule has 1 aliphatic rings. The quantitative estimate of drug-likeness (QED) is 0.871. The second-order valence-electron chi connectivity index (χ2n) is 4.92. The molecule has 104 valence electrons. The summed E-state index contributed by atoms with van der Waals surface area (Å²) in [5, 5.41) is 2.85. The molecule has 0 aromatic heterocycles. The van der Waals surface area contributed by atoms with Crippen LogP contribution >= 0.6 is 0 Å². The Morgan fingerprint density at radius 2 is 1.68 bits per heavy atom. The van der Waals surface area contributed by atoms with Gasteiger partial charge in [0.1, 0.15) is 11.5 Å². The van der Waals surface area contributed by atoms with Gasteiger partial charge in [0.25, 0.3) is 0 Å². The van der Waals surface area contributed by atoms with Crippen LogP contribution in [0.2, 0.25) is 0 Å². The van der Waals surface area contributed by atoms with Crippen molar-refractivity contribution in [2.24, 2.45) is 5.73 Å². The molecule has 1 amide bonds. The number of nitrogens with one attached hydrogen (secondary N) is 1. The summed E-state index contributed by atoms with van der Waals surface area (Å²) in [6, 6.07) is 5.25. The number of methoxy groups -OCH3 is 2. The number of amides is 1. The van der Waals surface area contributed by atoms with Crippen LogP contribution in [0.5, 0.6) is 11.5 Å². The zero-order valence-corrected chi connectivity index (χ0v) is 11.4. The Morgan fingerprint density at radius 1 is 1.16 bits per heavy atom. The fourth-order valence-corrected chi connectivity index (χ4v) is 2.37. The van der Waals surface area contributed by atoms with E-state index < -0.39 is 5.54 Å². The van der Waals surface area contributed by atoms with Crippen molar-refractivity contribution >= 4 is 11.6 Å². The summed E-state index contributed by atoms with van der Waals surface area (Å²) >= 11 is 0. The number of rotatable bonds is 4. The second-order valence-corrected chi connectivity index (χ2v) is 4.92. The topological polar surface area (TPSA) is 73.6 Å². The van der Waals surface area contributed by atoms with Crippen molar-refractivity contribution in [3.05, 3.63) is 18.2 Å². The van der Waals surface area contributed by atoms with Crippen LogP contribution in [0.1, 0.15) is 25.7 Å². The van der Waals surface area contributed by atoms with Crippen molar-refractivity contribution in [2.45, 2.75) is 31.2 Å². The fraction of sp³-hybridized carbons (Fsp3) is 0.500. The van der Waals surface area contributed by atoms with Crippen molar-refractivity contribution in [3.8, 4) is 11.5 Å². The Balaban J connectivity index is 2.16. The van der Waals surface area contributed by atoms with Crippen LogP contribution in [0.3, 0.4) is 0 Å². The van der Waals surface area contributed by atoms with Gasteiger partial charge in [-0.1, -0.05) is 12.8 Å². The molecule has 0 aliphatic heterocycles. The standard InChI is InChI=1S/C14H20N2O3/c1-18-11-7-10(8-12(9-11)19-2)16-13(17)14(15)5-3-4-6-14/h7-9H,3-6,15H2,1-2H3,(H,16,17). The van der Waals surface area contributed by atoms with Gasteiger partial charge in [-0.25, -0.2) is 0 Å². The summed E-state index contributed by atoms with van der Waals surface area (Å²) in [5.74, 6) is 1.12. The van der Waals surface area contributed by atoms with Gasteiger partial charge in [-0.3, -0.25) is 4.79 Å². The predicted octanol–water partition coefficient (Wildman–Crippen LogP) is 1.91. The Hall–Kier alpha value is -1.75. The normalized spacial score (nSPS) is 17.0. The Labute approximate surface area is 113 Å². The molecule has 0 heterocycles. The van der Waals surface area contributed by atoms with E-state index in [1.165, 1.54) is 0 Å². The molecule has 1 aliphatic carbocycles. The second kappa shape index (κ2) is 5.48. The highest BCUT2D eigenvalue weighted by molar-refractivity contribution is 5.98. The molecular formula is C14H20N2O3. The number of carbonyl (C=O) groups is 1. The highest BCUT2D eigenvalue weighted by Gasteiger charge is 2.37. The summed E-state index contributed by atoms with van der Waals surface area (Å²) in [6.07, 6.45) is 3.48. The van der Waals surface area contributed by atoms with Gasteiger partial charge in [-0.15, -0.1) is 0 Å². The highest BCUT2D eigenvalue weighted by atomic mass is 16.5. The zero-order chi connectivity index (χ0) is 13.9. The number of nitrogens with two attached hydrogens (primary N) is 1. The molecule has 0 bridgehead atoms. The average molecular weight is 264 g/mol. The largest absolute Gasteiger partial charge is 0.497 e. The minimum absolute atomic E-state index is 0.139. The van der Waals surface area contributed by atoms with Crippen LogP contribution in [-0.4, -0.2) is 25.7 Å². The maximum Gasteiger partial charge on any atom is 0.244 e. The van der Waals surface area contributed by atoms with E-state index in [0.717, 1.165) is 25.7 Å². The summed E-state index contributed by atoms with van der Waals surface area (Å²) < 4.78 is 10.3. The summed E-state index contributed by atoms with van der Waals surface area (Å²) in [6.45, 7) is 0. The molecule has 0 atom stereocenters. The SMILES string of the molecule is COc1cc(NC(=O)C2(N)CCCC2)cc(OC)c1. The number of ether oxygens (including phenoxy) is 2. The molecule has 0 saturated heterocycles. The van der Waals surface area contributed by atoms with Gasteiger partial charge in [-0.2, -0.15) is 0 Å². The third-order valence-electron chi connectivity index (χ3n) is 3.56. The molecule has 5 nitrogen and oxygen atoms in total. The van der Waals surface area contributed by atoms with Crippen molar-refractivity contribution in [3.63, 3.8) is 0 Å². The van der Waals surface area contributed by atoms with E-state index in [9.17, 15) is 4.79 Å². The zero-order valence-electron chi connectivity index (χ0n) is 11.4. The summed E-state index contributed by atoms with van der Waals surface area (Å²) in [5.41, 5.74) is 6.01. The highest BCUT2D eigenvalue weighted by Crippen LogP contribution is 2.30. The van der Waals surface area contributed by atoms with Crippen LogP contribution in [0, 0.1) is 0 Å². The Morgan fingerprint density at radius 3 is 2.16 bits per heavy atom. The summed E-state index contributed by atoms with van der Waals surface area (Å²) in [4.78, 5) is 12.2. The molecule has 3 N–H and O–H groups in total. The van der Waals surface area contributed by atoms with Gasteiger partial charge >= 0.3 is 0 Å². The van der Waals surface area contributed by atoms with Crippen molar-refractivity contribution in [2.75, 3.05) is 19.5 Å². The number of hydrogen-bond acceptors (Lipinski definition) is 4. The lowest BCUT2D eigenvalue weighted by atomic mass is 9.98. The Bertz CT molecular complexity index is 446. The van der Waals surface area contributed by atoms with Crippen molar-refractivity contribution in [1.82, 2.24) is 0 Å². The van der Waals surface area contributed by atoms with Gasteiger partial charge in [-0.05, 0) is 12.8 Å². The van der Waals surface area contributed by atoms with Gasteiger partial charge in [0.15, 0.2) is 0 Å². The van der Waals surface area contributed by atoms with E-state index in [1.54, 1.807) is 32.4 Å². The molecule has 1 aromatic rings. The lowest BCUT2D eigenvalue weighted by Crippen LogP contribution is -2.48. The first kappa shape index (κ1) is 13.7. The first-order valence-electron chi connectivity index (χ1n) is 6.41. The third kappa shape index (κ3) is 2.98. The lowest BCUT2D eigenvalue weighted by Gasteiger charge is -2.22. The molecule has 19 heavy (non-hydrogen) atoms. The van der Waals surface area contributed by atoms with E-state index in [1.807, 2.05) is 0 Å². The van der Waals surface area contributed by atoms with E-state index in [4.69, 9.17) is 15.2 Å². The lowest BCUT2D eigenvalue weighted by molar-refractivity contribution is -0.121.